The van der Waals surface area contributed by atoms with Crippen LogP contribution in [0.25, 0.3) is 0 Å². The Balaban J connectivity index is 2.28. The second-order valence-electron chi connectivity index (χ2n) is 7.56. The first-order chi connectivity index (χ1) is 13.1. The average Bonchev–Trinajstić information content (AvgIpc) is 2.62. The van der Waals surface area contributed by atoms with Crippen LogP contribution in [-0.2, 0) is 10.3 Å². The van der Waals surface area contributed by atoms with Gasteiger partial charge in [-0.05, 0) is 35.7 Å². The number of ether oxygens (including phenoxy) is 1. The molecule has 1 aliphatic rings. The molecule has 1 unspecified atom stereocenters. The third-order valence-corrected chi connectivity index (χ3v) is 7.08. The van der Waals surface area contributed by atoms with Crippen LogP contribution >= 0.6 is 27.7 Å². The number of nitrogens with zero attached hydrogens (tertiary/aromatic N) is 2. The number of benzene rings is 1. The number of thioether (sulfide) groups is 1. The highest BCUT2D eigenvalue weighted by atomic mass is 79.9. The van der Waals surface area contributed by atoms with Gasteiger partial charge in [0.25, 0.3) is 0 Å². The zero-order valence-corrected chi connectivity index (χ0v) is 19.3. The fourth-order valence-electron chi connectivity index (χ4n) is 2.42. The Morgan fingerprint density at radius 1 is 1.43 bits per heavy atom. The summed E-state index contributed by atoms with van der Waals surface area (Å²) in [5, 5.41) is 11.1. The standard InChI is InChI=1S/C18H23BrF2N2O3SSi/c1-28(2,3)9-7-26-12-23(17(24)25)16-22-18(11-20,6-8-27-16)14-10-13(19)4-5-15(14)21/h4-6,8,10H,7,9,11-12H2,1-3H3,(H,24,25). The summed E-state index contributed by atoms with van der Waals surface area (Å²) in [6, 6.07) is 5.06. The number of hydrogen-bond acceptors (Lipinski definition) is 4. The monoisotopic (exact) mass is 492 g/mol. The molecule has 0 spiro atoms. The largest absolute Gasteiger partial charge is 0.465 e. The van der Waals surface area contributed by atoms with Gasteiger partial charge in [-0.25, -0.2) is 23.5 Å². The molecule has 0 radical (unpaired) electrons. The summed E-state index contributed by atoms with van der Waals surface area (Å²) in [7, 11) is -1.31. The van der Waals surface area contributed by atoms with Crippen molar-refractivity contribution < 1.29 is 23.4 Å². The van der Waals surface area contributed by atoms with Crippen LogP contribution in [0.15, 0.2) is 39.1 Å². The minimum absolute atomic E-state index is 0.0309. The lowest BCUT2D eigenvalue weighted by atomic mass is 9.91. The fourth-order valence-corrected chi connectivity index (χ4v) is 4.42. The SMILES string of the molecule is C[Si](C)(C)CCOCN(C(=O)O)C1=NC(CF)(c2cc(Br)ccc2F)C=CS1. The topological polar surface area (TPSA) is 62.1 Å². The Bertz CT molecular complexity index is 789. The van der Waals surface area contributed by atoms with Crippen LogP contribution in [0.1, 0.15) is 5.56 Å². The van der Waals surface area contributed by atoms with Gasteiger partial charge in [-0.3, -0.25) is 0 Å². The molecule has 154 valence electrons. The number of aliphatic imine (C=N–C) groups is 1. The molecule has 1 N–H and O–H groups in total. The van der Waals surface area contributed by atoms with E-state index in [0.717, 1.165) is 22.7 Å². The van der Waals surface area contributed by atoms with Crippen LogP contribution in [0.3, 0.4) is 0 Å². The van der Waals surface area contributed by atoms with Crippen LogP contribution in [0.2, 0.25) is 25.7 Å². The molecule has 5 nitrogen and oxygen atoms in total. The van der Waals surface area contributed by atoms with Gasteiger partial charge < -0.3 is 9.84 Å². The van der Waals surface area contributed by atoms with Crippen molar-refractivity contribution in [1.29, 1.82) is 0 Å². The minimum atomic E-state index is -1.62. The van der Waals surface area contributed by atoms with Crippen molar-refractivity contribution in [2.24, 2.45) is 4.99 Å². The second-order valence-corrected chi connectivity index (χ2v) is 15.0. The summed E-state index contributed by atoms with van der Waals surface area (Å²) in [6.45, 7) is 5.79. The van der Waals surface area contributed by atoms with Gasteiger partial charge in [-0.2, -0.15) is 0 Å². The maximum atomic E-state index is 14.4. The molecular weight excluding hydrogens is 470 g/mol. The van der Waals surface area contributed by atoms with Gasteiger partial charge >= 0.3 is 6.09 Å². The van der Waals surface area contributed by atoms with Crippen molar-refractivity contribution in [2.75, 3.05) is 20.0 Å². The Morgan fingerprint density at radius 3 is 2.75 bits per heavy atom. The molecule has 1 atom stereocenters. The van der Waals surface area contributed by atoms with Crippen molar-refractivity contribution >= 4 is 47.0 Å². The van der Waals surface area contributed by atoms with Gasteiger partial charge in [-0.15, -0.1) is 0 Å². The molecular formula is C18H23BrF2N2O3SSi. The van der Waals surface area contributed by atoms with E-state index in [2.05, 4.69) is 40.6 Å². The molecule has 1 aromatic rings. The maximum Gasteiger partial charge on any atom is 0.415 e. The number of hydrogen-bond donors (Lipinski definition) is 1. The highest BCUT2D eigenvalue weighted by Gasteiger charge is 2.37. The van der Waals surface area contributed by atoms with Gasteiger partial charge in [0.2, 0.25) is 0 Å². The molecule has 0 bridgehead atoms. The quantitative estimate of drug-likeness (QED) is 0.303. The van der Waals surface area contributed by atoms with E-state index < -0.39 is 32.2 Å². The number of carboxylic acid groups (broad SMARTS) is 1. The van der Waals surface area contributed by atoms with Crippen LogP contribution in [-0.4, -0.2) is 49.4 Å². The van der Waals surface area contributed by atoms with Crippen LogP contribution in [0.4, 0.5) is 13.6 Å². The lowest BCUT2D eigenvalue weighted by molar-refractivity contribution is 0.0704. The average molecular weight is 493 g/mol. The Morgan fingerprint density at radius 2 is 2.14 bits per heavy atom. The molecule has 28 heavy (non-hydrogen) atoms. The lowest BCUT2D eigenvalue weighted by Crippen LogP contribution is -2.40. The van der Waals surface area contributed by atoms with Crippen molar-refractivity contribution in [3.63, 3.8) is 0 Å². The summed E-state index contributed by atoms with van der Waals surface area (Å²) in [6.07, 6.45) is 0.176. The number of halogens is 3. The Kier molecular flexibility index (Phi) is 7.83. The summed E-state index contributed by atoms with van der Waals surface area (Å²) >= 11 is 4.28. The van der Waals surface area contributed by atoms with E-state index in [1.54, 1.807) is 0 Å². The van der Waals surface area contributed by atoms with Crippen molar-refractivity contribution in [1.82, 2.24) is 4.90 Å². The highest BCUT2D eigenvalue weighted by molar-refractivity contribution is 9.10. The highest BCUT2D eigenvalue weighted by Crippen LogP contribution is 2.37. The lowest BCUT2D eigenvalue weighted by Gasteiger charge is -2.31. The molecule has 1 amide bonds. The van der Waals surface area contributed by atoms with Gasteiger partial charge in [0.15, 0.2) is 5.17 Å². The molecule has 0 saturated carbocycles. The number of amides is 1. The maximum absolute atomic E-state index is 14.4. The predicted molar refractivity (Wildman–Crippen MR) is 115 cm³/mol. The fraction of sp³-hybridized carbons (Fsp3) is 0.444. The van der Waals surface area contributed by atoms with Crippen LogP contribution in [0.5, 0.6) is 0 Å². The smallest absolute Gasteiger partial charge is 0.415 e. The van der Waals surface area contributed by atoms with E-state index in [0.29, 0.717) is 11.1 Å². The van der Waals surface area contributed by atoms with Crippen molar-refractivity contribution in [3.8, 4) is 0 Å². The van der Waals surface area contributed by atoms with E-state index in [4.69, 9.17) is 4.74 Å². The first-order valence-electron chi connectivity index (χ1n) is 8.62. The summed E-state index contributed by atoms with van der Waals surface area (Å²) in [5.41, 5.74) is -1.59. The normalized spacial score (nSPS) is 19.4. The van der Waals surface area contributed by atoms with Gasteiger partial charge in [-0.1, -0.05) is 47.3 Å². The zero-order valence-electron chi connectivity index (χ0n) is 15.9. The molecule has 2 rings (SSSR count). The molecule has 1 aliphatic heterocycles. The minimum Gasteiger partial charge on any atom is -0.465 e. The van der Waals surface area contributed by atoms with E-state index in [1.165, 1.54) is 29.7 Å². The number of alkyl halides is 1. The molecule has 0 aliphatic carbocycles. The number of rotatable bonds is 7. The number of amidine groups is 1. The van der Waals surface area contributed by atoms with Crippen LogP contribution in [0, 0.1) is 5.82 Å². The van der Waals surface area contributed by atoms with Gasteiger partial charge in [0.1, 0.15) is 24.8 Å². The molecule has 0 fully saturated rings. The third kappa shape index (κ3) is 5.88. The molecule has 1 heterocycles. The van der Waals surface area contributed by atoms with Crippen molar-refractivity contribution in [2.45, 2.75) is 31.2 Å². The predicted octanol–water partition coefficient (Wildman–Crippen LogP) is 5.66. The van der Waals surface area contributed by atoms with E-state index in [9.17, 15) is 18.7 Å². The summed E-state index contributed by atoms with van der Waals surface area (Å²) in [4.78, 5) is 16.9. The molecule has 10 heteroatoms. The molecule has 1 aromatic carbocycles. The van der Waals surface area contributed by atoms with Crippen molar-refractivity contribution in [3.05, 3.63) is 45.5 Å². The number of carbonyl (C=O) groups is 1. The molecule has 0 aromatic heterocycles. The van der Waals surface area contributed by atoms with E-state index in [-0.39, 0.29) is 17.5 Å². The van der Waals surface area contributed by atoms with Gasteiger partial charge in [0, 0.05) is 24.7 Å². The first-order valence-corrected chi connectivity index (χ1v) is 14.0. The first kappa shape index (κ1) is 23.0. The second kappa shape index (κ2) is 9.51. The Hall–Kier alpha value is -1.23. The molecule has 0 saturated heterocycles. The van der Waals surface area contributed by atoms with Crippen LogP contribution < -0.4 is 0 Å². The third-order valence-electron chi connectivity index (χ3n) is 4.09. The van der Waals surface area contributed by atoms with Gasteiger partial charge in [0.05, 0.1) is 0 Å². The zero-order chi connectivity index (χ0) is 20.9. The van der Waals surface area contributed by atoms with E-state index >= 15 is 0 Å². The summed E-state index contributed by atoms with van der Waals surface area (Å²) in [5.74, 6) is -0.617. The van der Waals surface area contributed by atoms with E-state index in [1.807, 2.05) is 0 Å². The Labute approximate surface area is 177 Å². The summed E-state index contributed by atoms with van der Waals surface area (Å²) < 4.78 is 34.5.